The molecule has 0 aromatic carbocycles. The summed E-state index contributed by atoms with van der Waals surface area (Å²) in [7, 11) is 1.54. The van der Waals surface area contributed by atoms with Crippen LogP contribution in [0.5, 0.6) is 5.88 Å². The van der Waals surface area contributed by atoms with Gasteiger partial charge >= 0.3 is 5.97 Å². The van der Waals surface area contributed by atoms with Crippen molar-refractivity contribution in [2.45, 2.75) is 6.92 Å². The van der Waals surface area contributed by atoms with Crippen LogP contribution in [0.4, 0.5) is 0 Å². The first-order valence-electron chi connectivity index (χ1n) is 6.74. The highest BCUT2D eigenvalue weighted by atomic mass is 16.5. The Kier molecular flexibility index (Phi) is 3.69. The number of esters is 1. The van der Waals surface area contributed by atoms with E-state index >= 15 is 0 Å². The summed E-state index contributed by atoms with van der Waals surface area (Å²) in [5.41, 5.74) is 2.38. The number of H-pyrrole nitrogens is 1. The molecule has 0 unspecified atom stereocenters. The number of ether oxygens (including phenoxy) is 2. The molecule has 112 valence electrons. The number of nitrogens with one attached hydrogen (secondary N) is 1. The van der Waals surface area contributed by atoms with E-state index < -0.39 is 5.97 Å². The first-order chi connectivity index (χ1) is 10.7. The highest BCUT2D eigenvalue weighted by Gasteiger charge is 2.19. The van der Waals surface area contributed by atoms with Gasteiger partial charge in [0, 0.05) is 24.0 Å². The van der Waals surface area contributed by atoms with Gasteiger partial charge in [-0.15, -0.1) is 0 Å². The molecule has 3 heterocycles. The lowest BCUT2D eigenvalue weighted by atomic mass is 10.1. The van der Waals surface area contributed by atoms with E-state index in [0.29, 0.717) is 34.8 Å². The Morgan fingerprint density at radius 1 is 1.32 bits per heavy atom. The van der Waals surface area contributed by atoms with Crippen molar-refractivity contribution in [1.82, 2.24) is 19.9 Å². The molecule has 7 heteroatoms. The molecule has 0 radical (unpaired) electrons. The maximum absolute atomic E-state index is 12.1. The van der Waals surface area contributed by atoms with Gasteiger partial charge in [-0.1, -0.05) is 0 Å². The monoisotopic (exact) mass is 298 g/mol. The molecule has 0 saturated heterocycles. The fourth-order valence-electron chi connectivity index (χ4n) is 2.22. The van der Waals surface area contributed by atoms with Crippen molar-refractivity contribution >= 4 is 17.0 Å². The molecule has 1 N–H and O–H groups in total. The van der Waals surface area contributed by atoms with E-state index in [0.717, 1.165) is 5.56 Å². The standard InChI is InChI=1S/C15H14N4O3/c1-3-22-15(20)10-7-17-14-12(10)13(18-8-19-14)9-4-5-16-11(6-9)21-2/h4-8H,3H2,1-2H3,(H,17,18,19). The zero-order chi connectivity index (χ0) is 15.5. The number of hydrogen-bond acceptors (Lipinski definition) is 6. The van der Waals surface area contributed by atoms with Crippen LogP contribution in [0.15, 0.2) is 30.9 Å². The second-order valence-electron chi connectivity index (χ2n) is 4.46. The van der Waals surface area contributed by atoms with Gasteiger partial charge in [-0.25, -0.2) is 19.7 Å². The third kappa shape index (κ3) is 2.37. The predicted octanol–water partition coefficient (Wildman–Crippen LogP) is 2.21. The molecule has 7 nitrogen and oxygen atoms in total. The number of carbonyl (C=O) groups excluding carboxylic acids is 1. The summed E-state index contributed by atoms with van der Waals surface area (Å²) in [5, 5.41) is 0.620. The van der Waals surface area contributed by atoms with Crippen LogP contribution in [0.25, 0.3) is 22.3 Å². The maximum Gasteiger partial charge on any atom is 0.340 e. The molecule has 0 aliphatic rings. The average molecular weight is 298 g/mol. The SMILES string of the molecule is CCOC(=O)c1c[nH]c2ncnc(-c3ccnc(OC)c3)c12. The number of pyridine rings is 1. The van der Waals surface area contributed by atoms with Crippen LogP contribution in [0, 0.1) is 0 Å². The Morgan fingerprint density at radius 3 is 2.95 bits per heavy atom. The lowest BCUT2D eigenvalue weighted by Crippen LogP contribution is -2.04. The van der Waals surface area contributed by atoms with Gasteiger partial charge < -0.3 is 14.5 Å². The molecule has 3 aromatic rings. The predicted molar refractivity (Wildman–Crippen MR) is 79.6 cm³/mol. The van der Waals surface area contributed by atoms with Gasteiger partial charge in [0.25, 0.3) is 0 Å². The fraction of sp³-hybridized carbons (Fsp3) is 0.200. The topological polar surface area (TPSA) is 90.0 Å². The Balaban J connectivity index is 2.20. The second kappa shape index (κ2) is 5.80. The molecule has 3 aromatic heterocycles. The molecule has 0 spiro atoms. The number of nitrogens with zero attached hydrogens (tertiary/aromatic N) is 3. The lowest BCUT2D eigenvalue weighted by molar-refractivity contribution is 0.0528. The zero-order valence-electron chi connectivity index (χ0n) is 12.2. The molecule has 3 rings (SSSR count). The molecule has 0 bridgehead atoms. The van der Waals surface area contributed by atoms with E-state index in [-0.39, 0.29) is 0 Å². The van der Waals surface area contributed by atoms with Crippen molar-refractivity contribution in [2.75, 3.05) is 13.7 Å². The van der Waals surface area contributed by atoms with Crippen molar-refractivity contribution in [2.24, 2.45) is 0 Å². The first kappa shape index (κ1) is 14.0. The molecular formula is C15H14N4O3. The number of methoxy groups -OCH3 is 1. The van der Waals surface area contributed by atoms with E-state index in [1.165, 1.54) is 6.33 Å². The number of rotatable bonds is 4. The minimum Gasteiger partial charge on any atom is -0.481 e. The molecule has 0 saturated carbocycles. The Hall–Kier alpha value is -2.96. The van der Waals surface area contributed by atoms with Crippen molar-refractivity contribution in [1.29, 1.82) is 0 Å². The van der Waals surface area contributed by atoms with Crippen LogP contribution < -0.4 is 4.74 Å². The van der Waals surface area contributed by atoms with E-state index in [9.17, 15) is 4.79 Å². The summed E-state index contributed by atoms with van der Waals surface area (Å²) in [6.45, 7) is 2.06. The summed E-state index contributed by atoms with van der Waals surface area (Å²) in [6, 6.07) is 3.55. The maximum atomic E-state index is 12.1. The highest BCUT2D eigenvalue weighted by Crippen LogP contribution is 2.29. The van der Waals surface area contributed by atoms with Crippen LogP contribution in [-0.4, -0.2) is 39.6 Å². The third-order valence-electron chi connectivity index (χ3n) is 3.18. The van der Waals surface area contributed by atoms with Crippen LogP contribution in [0.3, 0.4) is 0 Å². The molecule has 0 aliphatic carbocycles. The lowest BCUT2D eigenvalue weighted by Gasteiger charge is -2.06. The van der Waals surface area contributed by atoms with E-state index in [1.807, 2.05) is 0 Å². The highest BCUT2D eigenvalue weighted by molar-refractivity contribution is 6.08. The van der Waals surface area contributed by atoms with Crippen LogP contribution in [-0.2, 0) is 4.74 Å². The van der Waals surface area contributed by atoms with Gasteiger partial charge in [0.2, 0.25) is 5.88 Å². The number of aromatic amines is 1. The number of carbonyl (C=O) groups is 1. The summed E-state index contributed by atoms with van der Waals surface area (Å²) in [5.74, 6) is 0.0586. The van der Waals surface area contributed by atoms with Crippen molar-refractivity contribution in [3.8, 4) is 17.1 Å². The van der Waals surface area contributed by atoms with Crippen LogP contribution in [0.2, 0.25) is 0 Å². The van der Waals surface area contributed by atoms with Gasteiger partial charge in [-0.3, -0.25) is 0 Å². The molecule has 22 heavy (non-hydrogen) atoms. The van der Waals surface area contributed by atoms with Gasteiger partial charge in [0.1, 0.15) is 12.0 Å². The quantitative estimate of drug-likeness (QED) is 0.743. The normalized spacial score (nSPS) is 10.6. The summed E-state index contributed by atoms with van der Waals surface area (Å²) in [4.78, 5) is 27.6. The van der Waals surface area contributed by atoms with E-state index in [1.54, 1.807) is 38.6 Å². The zero-order valence-corrected chi connectivity index (χ0v) is 12.2. The van der Waals surface area contributed by atoms with Gasteiger partial charge in [0.15, 0.2) is 0 Å². The van der Waals surface area contributed by atoms with Gasteiger partial charge in [-0.2, -0.15) is 0 Å². The largest absolute Gasteiger partial charge is 0.481 e. The first-order valence-corrected chi connectivity index (χ1v) is 6.74. The minimum atomic E-state index is -0.411. The van der Waals surface area contributed by atoms with Crippen molar-refractivity contribution in [3.05, 3.63) is 36.4 Å². The second-order valence-corrected chi connectivity index (χ2v) is 4.46. The number of aromatic nitrogens is 4. The van der Waals surface area contributed by atoms with Gasteiger partial charge in [-0.05, 0) is 13.0 Å². The van der Waals surface area contributed by atoms with E-state index in [4.69, 9.17) is 9.47 Å². The number of fused-ring (bicyclic) bond motifs is 1. The average Bonchev–Trinajstić information content (AvgIpc) is 2.99. The smallest absolute Gasteiger partial charge is 0.340 e. The minimum absolute atomic E-state index is 0.303. The molecular weight excluding hydrogens is 284 g/mol. The molecule has 0 atom stereocenters. The van der Waals surface area contributed by atoms with Crippen LogP contribution in [0.1, 0.15) is 17.3 Å². The summed E-state index contributed by atoms with van der Waals surface area (Å²) in [6.07, 6.45) is 4.65. The Bertz CT molecular complexity index is 829. The fourth-order valence-corrected chi connectivity index (χ4v) is 2.22. The summed E-state index contributed by atoms with van der Waals surface area (Å²) < 4.78 is 10.2. The Morgan fingerprint density at radius 2 is 2.18 bits per heavy atom. The van der Waals surface area contributed by atoms with Crippen molar-refractivity contribution in [3.63, 3.8) is 0 Å². The summed E-state index contributed by atoms with van der Waals surface area (Å²) >= 11 is 0. The Labute approximate surface area is 126 Å². The van der Waals surface area contributed by atoms with E-state index in [2.05, 4.69) is 19.9 Å². The molecule has 0 amide bonds. The van der Waals surface area contributed by atoms with Gasteiger partial charge in [0.05, 0.1) is 30.4 Å². The third-order valence-corrected chi connectivity index (χ3v) is 3.18. The molecule has 0 aliphatic heterocycles. The van der Waals surface area contributed by atoms with Crippen molar-refractivity contribution < 1.29 is 14.3 Å². The number of hydrogen-bond donors (Lipinski definition) is 1. The molecule has 0 fully saturated rings. The van der Waals surface area contributed by atoms with Crippen LogP contribution >= 0.6 is 0 Å².